The summed E-state index contributed by atoms with van der Waals surface area (Å²) in [6, 6.07) is 10.1. The van der Waals surface area contributed by atoms with Crippen LogP contribution in [0.4, 0.5) is 5.13 Å². The standard InChI is InChI=1S/C22H26ClN3O3S2.ClH/c1-15-13-16(2)21-19(14-15)30-22(24-21)26(11-10-25(3)4)20(27)9-12-31(28,29)18-7-5-17(23)6-8-18;/h5-8,13-14H,9-12H2,1-4H3;1H. The molecule has 32 heavy (non-hydrogen) atoms. The van der Waals surface area contributed by atoms with Crippen LogP contribution >= 0.6 is 35.3 Å². The number of benzene rings is 2. The molecule has 0 aliphatic heterocycles. The van der Waals surface area contributed by atoms with E-state index in [0.717, 1.165) is 21.3 Å². The number of hydrogen-bond acceptors (Lipinski definition) is 6. The minimum Gasteiger partial charge on any atom is -0.308 e. The summed E-state index contributed by atoms with van der Waals surface area (Å²) in [5, 5.41) is 1.06. The van der Waals surface area contributed by atoms with Gasteiger partial charge in [-0.05, 0) is 69.4 Å². The van der Waals surface area contributed by atoms with Crippen molar-refractivity contribution in [3.05, 3.63) is 52.5 Å². The van der Waals surface area contributed by atoms with Gasteiger partial charge in [0, 0.05) is 24.5 Å². The molecule has 0 atom stereocenters. The van der Waals surface area contributed by atoms with Crippen LogP contribution in [-0.4, -0.2) is 57.1 Å². The van der Waals surface area contributed by atoms with Gasteiger partial charge in [-0.25, -0.2) is 13.4 Å². The van der Waals surface area contributed by atoms with Crippen molar-refractivity contribution in [1.82, 2.24) is 9.88 Å². The first-order chi connectivity index (χ1) is 14.6. The monoisotopic (exact) mass is 515 g/mol. The molecule has 174 valence electrons. The molecule has 1 aromatic heterocycles. The molecular formula is C22H27Cl2N3O3S2. The molecule has 0 N–H and O–H groups in total. The lowest BCUT2D eigenvalue weighted by atomic mass is 10.1. The van der Waals surface area contributed by atoms with Crippen molar-refractivity contribution in [1.29, 1.82) is 0 Å². The lowest BCUT2D eigenvalue weighted by Crippen LogP contribution is -2.37. The van der Waals surface area contributed by atoms with Crippen LogP contribution in [0.25, 0.3) is 10.2 Å². The topological polar surface area (TPSA) is 70.6 Å². The molecule has 0 aliphatic rings. The number of rotatable bonds is 8. The number of aryl methyl sites for hydroxylation is 2. The summed E-state index contributed by atoms with van der Waals surface area (Å²) >= 11 is 7.30. The maximum atomic E-state index is 13.1. The van der Waals surface area contributed by atoms with Crippen molar-refractivity contribution in [2.24, 2.45) is 0 Å². The Hall–Kier alpha value is -1.71. The second-order valence-corrected chi connectivity index (χ2v) is 11.4. The van der Waals surface area contributed by atoms with Crippen LogP contribution in [0.5, 0.6) is 0 Å². The number of nitrogens with zero attached hydrogens (tertiary/aromatic N) is 3. The van der Waals surface area contributed by atoms with Crippen molar-refractivity contribution >= 4 is 66.4 Å². The van der Waals surface area contributed by atoms with Crippen LogP contribution in [0, 0.1) is 13.8 Å². The predicted octanol–water partition coefficient (Wildman–Crippen LogP) is 4.75. The lowest BCUT2D eigenvalue weighted by molar-refractivity contribution is -0.118. The number of likely N-dealkylation sites (N-methyl/N-ethyl adjacent to an activating group) is 1. The van der Waals surface area contributed by atoms with E-state index in [9.17, 15) is 13.2 Å². The zero-order chi connectivity index (χ0) is 22.8. The van der Waals surface area contributed by atoms with Gasteiger partial charge in [0.05, 0.1) is 20.9 Å². The third-order valence-electron chi connectivity index (χ3n) is 4.88. The number of amides is 1. The van der Waals surface area contributed by atoms with E-state index >= 15 is 0 Å². The molecule has 0 aliphatic carbocycles. The van der Waals surface area contributed by atoms with Crippen LogP contribution in [0.3, 0.4) is 0 Å². The number of sulfone groups is 1. The molecule has 3 aromatic rings. The molecule has 0 radical (unpaired) electrons. The van der Waals surface area contributed by atoms with E-state index in [1.165, 1.54) is 35.6 Å². The average Bonchev–Trinajstić information content (AvgIpc) is 3.10. The number of thiazole rings is 1. The molecule has 1 heterocycles. The fourth-order valence-corrected chi connectivity index (χ4v) is 5.76. The Morgan fingerprint density at radius 3 is 2.38 bits per heavy atom. The molecule has 0 unspecified atom stereocenters. The zero-order valence-electron chi connectivity index (χ0n) is 18.5. The highest BCUT2D eigenvalue weighted by Gasteiger charge is 2.23. The van der Waals surface area contributed by atoms with Gasteiger partial charge in [0.1, 0.15) is 0 Å². The summed E-state index contributed by atoms with van der Waals surface area (Å²) in [4.78, 5) is 21.6. The number of aromatic nitrogens is 1. The van der Waals surface area contributed by atoms with Gasteiger partial charge in [0.2, 0.25) is 5.91 Å². The van der Waals surface area contributed by atoms with Crippen LogP contribution < -0.4 is 4.90 Å². The lowest BCUT2D eigenvalue weighted by Gasteiger charge is -2.22. The largest absolute Gasteiger partial charge is 0.308 e. The third-order valence-corrected chi connectivity index (χ3v) is 7.89. The van der Waals surface area contributed by atoms with E-state index in [1.807, 2.05) is 32.8 Å². The highest BCUT2D eigenvalue weighted by atomic mass is 35.5. The Morgan fingerprint density at radius 2 is 1.75 bits per heavy atom. The van der Waals surface area contributed by atoms with Crippen LogP contribution in [0.2, 0.25) is 5.02 Å². The maximum absolute atomic E-state index is 13.1. The summed E-state index contributed by atoms with van der Waals surface area (Å²) in [6.07, 6.45) is -0.119. The summed E-state index contributed by atoms with van der Waals surface area (Å²) in [6.45, 7) is 5.11. The van der Waals surface area contributed by atoms with Gasteiger partial charge in [-0.2, -0.15) is 0 Å². The van der Waals surface area contributed by atoms with E-state index in [0.29, 0.717) is 23.2 Å². The second kappa shape index (κ2) is 10.9. The summed E-state index contributed by atoms with van der Waals surface area (Å²) in [5.41, 5.74) is 3.07. The third kappa shape index (κ3) is 6.42. The van der Waals surface area contributed by atoms with Gasteiger partial charge >= 0.3 is 0 Å². The van der Waals surface area contributed by atoms with Gasteiger partial charge in [0.15, 0.2) is 15.0 Å². The summed E-state index contributed by atoms with van der Waals surface area (Å²) < 4.78 is 26.3. The van der Waals surface area contributed by atoms with Crippen LogP contribution in [0.15, 0.2) is 41.3 Å². The van der Waals surface area contributed by atoms with Crippen molar-refractivity contribution < 1.29 is 13.2 Å². The molecule has 0 saturated carbocycles. The molecule has 2 aromatic carbocycles. The van der Waals surface area contributed by atoms with Crippen molar-refractivity contribution in [2.45, 2.75) is 25.2 Å². The number of fused-ring (bicyclic) bond motifs is 1. The Morgan fingerprint density at radius 1 is 1.09 bits per heavy atom. The molecular weight excluding hydrogens is 489 g/mol. The number of carbonyl (C=O) groups is 1. The Labute approximate surface area is 204 Å². The van der Waals surface area contributed by atoms with Crippen LogP contribution in [-0.2, 0) is 14.6 Å². The highest BCUT2D eigenvalue weighted by molar-refractivity contribution is 7.91. The Kier molecular flexibility index (Phi) is 9.07. The SMILES string of the molecule is Cc1cc(C)c2nc(N(CCN(C)C)C(=O)CCS(=O)(=O)c3ccc(Cl)cc3)sc2c1.Cl. The van der Waals surface area contributed by atoms with E-state index in [2.05, 4.69) is 12.1 Å². The van der Waals surface area contributed by atoms with Gasteiger partial charge in [-0.3, -0.25) is 9.69 Å². The highest BCUT2D eigenvalue weighted by Crippen LogP contribution is 2.32. The number of hydrogen-bond donors (Lipinski definition) is 0. The average molecular weight is 517 g/mol. The molecule has 0 spiro atoms. The molecule has 1 amide bonds. The van der Waals surface area contributed by atoms with Gasteiger partial charge in [-0.1, -0.05) is 29.0 Å². The van der Waals surface area contributed by atoms with Crippen molar-refractivity contribution in [3.63, 3.8) is 0 Å². The van der Waals surface area contributed by atoms with E-state index in [1.54, 1.807) is 4.90 Å². The fraction of sp³-hybridized carbons (Fsp3) is 0.364. The fourth-order valence-electron chi connectivity index (χ4n) is 3.22. The first kappa shape index (κ1) is 26.5. The molecule has 0 saturated heterocycles. The van der Waals surface area contributed by atoms with E-state index in [-0.39, 0.29) is 35.4 Å². The molecule has 10 heteroatoms. The second-order valence-electron chi connectivity index (χ2n) is 7.80. The summed E-state index contributed by atoms with van der Waals surface area (Å²) in [5.74, 6) is -0.526. The van der Waals surface area contributed by atoms with Crippen LogP contribution in [0.1, 0.15) is 17.5 Å². The Balaban J connectivity index is 0.00000363. The smallest absolute Gasteiger partial charge is 0.229 e. The predicted molar refractivity (Wildman–Crippen MR) is 135 cm³/mol. The Bertz CT molecular complexity index is 1190. The van der Waals surface area contributed by atoms with Gasteiger partial charge in [0.25, 0.3) is 0 Å². The van der Waals surface area contributed by atoms with E-state index in [4.69, 9.17) is 16.6 Å². The minimum atomic E-state index is -3.59. The maximum Gasteiger partial charge on any atom is 0.229 e. The number of halogens is 2. The molecule has 0 fully saturated rings. The zero-order valence-corrected chi connectivity index (χ0v) is 21.7. The van der Waals surface area contributed by atoms with Crippen molar-refractivity contribution in [2.75, 3.05) is 37.8 Å². The van der Waals surface area contributed by atoms with Gasteiger partial charge in [-0.15, -0.1) is 12.4 Å². The quantitative estimate of drug-likeness (QED) is 0.432. The number of anilines is 1. The van der Waals surface area contributed by atoms with Crippen molar-refractivity contribution in [3.8, 4) is 0 Å². The minimum absolute atomic E-state index is 0. The first-order valence-corrected chi connectivity index (χ1v) is 12.7. The summed E-state index contributed by atoms with van der Waals surface area (Å²) in [7, 11) is 0.271. The van der Waals surface area contributed by atoms with E-state index < -0.39 is 9.84 Å². The molecule has 0 bridgehead atoms. The van der Waals surface area contributed by atoms with Gasteiger partial charge < -0.3 is 4.90 Å². The normalized spacial score (nSPS) is 11.6. The first-order valence-electron chi connectivity index (χ1n) is 9.88. The molecule has 3 rings (SSSR count). The number of carbonyl (C=O) groups excluding carboxylic acids is 1. The molecule has 6 nitrogen and oxygen atoms in total.